The fourth-order valence-electron chi connectivity index (χ4n) is 2.75. The van der Waals surface area contributed by atoms with Gasteiger partial charge in [0.1, 0.15) is 11.5 Å². The van der Waals surface area contributed by atoms with Gasteiger partial charge >= 0.3 is 6.18 Å². The quantitative estimate of drug-likeness (QED) is 0.532. The molecule has 0 aliphatic rings. The normalized spacial score (nSPS) is 11.5. The second-order valence-electron chi connectivity index (χ2n) is 6.38. The van der Waals surface area contributed by atoms with E-state index in [1.165, 1.54) is 16.8 Å². The van der Waals surface area contributed by atoms with E-state index in [0.29, 0.717) is 17.6 Å². The van der Waals surface area contributed by atoms with Gasteiger partial charge in [0.25, 0.3) is 5.91 Å². The van der Waals surface area contributed by atoms with Crippen LogP contribution in [-0.2, 0) is 6.18 Å². The van der Waals surface area contributed by atoms with Gasteiger partial charge in [0.15, 0.2) is 5.82 Å². The van der Waals surface area contributed by atoms with Gasteiger partial charge < -0.3 is 9.84 Å². The summed E-state index contributed by atoms with van der Waals surface area (Å²) in [7, 11) is 0. The monoisotopic (exact) mass is 413 g/mol. The highest BCUT2D eigenvalue weighted by Gasteiger charge is 2.31. The van der Waals surface area contributed by atoms with Crippen molar-refractivity contribution in [2.75, 3.05) is 5.32 Å². The number of halogens is 3. The highest BCUT2D eigenvalue weighted by molar-refractivity contribution is 6.02. The molecule has 0 radical (unpaired) electrons. The summed E-state index contributed by atoms with van der Waals surface area (Å²) < 4.78 is 44.6. The van der Waals surface area contributed by atoms with Crippen molar-refractivity contribution in [3.05, 3.63) is 77.8 Å². The van der Waals surface area contributed by atoms with Crippen LogP contribution in [0.15, 0.2) is 65.3 Å². The third-order valence-electron chi connectivity index (χ3n) is 4.17. The molecule has 10 heteroatoms. The predicted octanol–water partition coefficient (Wildman–Crippen LogP) is 4.50. The molecule has 4 aromatic rings. The minimum Gasteiger partial charge on any atom is -0.350 e. The molecule has 0 fully saturated rings. The van der Waals surface area contributed by atoms with Crippen LogP contribution in [0, 0.1) is 6.92 Å². The van der Waals surface area contributed by atoms with Gasteiger partial charge in [-0.1, -0.05) is 35.5 Å². The van der Waals surface area contributed by atoms with E-state index >= 15 is 0 Å². The number of benzene rings is 1. The van der Waals surface area contributed by atoms with Crippen LogP contribution in [0.4, 0.5) is 19.0 Å². The van der Waals surface area contributed by atoms with Crippen LogP contribution in [0.5, 0.6) is 0 Å². The summed E-state index contributed by atoms with van der Waals surface area (Å²) in [4.78, 5) is 16.4. The maximum Gasteiger partial charge on any atom is 0.417 e. The first-order valence-corrected chi connectivity index (χ1v) is 8.75. The van der Waals surface area contributed by atoms with E-state index < -0.39 is 17.6 Å². The van der Waals surface area contributed by atoms with Crippen LogP contribution in [0.2, 0.25) is 0 Å². The average molecular weight is 413 g/mol. The molecule has 0 saturated heterocycles. The van der Waals surface area contributed by atoms with Crippen molar-refractivity contribution in [2.24, 2.45) is 0 Å². The van der Waals surface area contributed by atoms with Gasteiger partial charge in [0.05, 0.1) is 11.3 Å². The zero-order valence-electron chi connectivity index (χ0n) is 15.5. The van der Waals surface area contributed by atoms with E-state index in [4.69, 9.17) is 4.52 Å². The molecule has 0 spiro atoms. The number of nitrogens with one attached hydrogen (secondary N) is 1. The number of carbonyl (C=O) groups is 1. The average Bonchev–Trinajstić information content (AvgIpc) is 3.35. The second kappa shape index (κ2) is 7.47. The number of pyridine rings is 1. The number of hydrogen-bond donors (Lipinski definition) is 1. The lowest BCUT2D eigenvalue weighted by Crippen LogP contribution is -2.15. The third kappa shape index (κ3) is 3.93. The lowest BCUT2D eigenvalue weighted by molar-refractivity contribution is -0.137. The smallest absolute Gasteiger partial charge is 0.350 e. The minimum absolute atomic E-state index is 0.0281. The summed E-state index contributed by atoms with van der Waals surface area (Å²) >= 11 is 0. The number of aryl methyl sites for hydroxylation is 1. The Balaban J connectivity index is 1.57. The maximum absolute atomic E-state index is 12.8. The Morgan fingerprint density at radius 2 is 1.87 bits per heavy atom. The molecule has 1 aromatic carbocycles. The Hall–Kier alpha value is -3.95. The van der Waals surface area contributed by atoms with Gasteiger partial charge in [0.2, 0.25) is 5.76 Å². The van der Waals surface area contributed by atoms with E-state index in [9.17, 15) is 18.0 Å². The number of anilines is 1. The maximum atomic E-state index is 12.8. The highest BCUT2D eigenvalue weighted by atomic mass is 19.4. The molecule has 1 amide bonds. The summed E-state index contributed by atoms with van der Waals surface area (Å²) in [6.07, 6.45) is -3.79. The van der Waals surface area contributed by atoms with Gasteiger partial charge in [-0.15, -0.1) is 0 Å². The topological polar surface area (TPSA) is 85.8 Å². The van der Waals surface area contributed by atoms with E-state index in [-0.39, 0.29) is 17.4 Å². The van der Waals surface area contributed by atoms with Crippen molar-refractivity contribution in [3.63, 3.8) is 0 Å². The predicted molar refractivity (Wildman–Crippen MR) is 101 cm³/mol. The number of amides is 1. The van der Waals surface area contributed by atoms with Crippen LogP contribution in [0.1, 0.15) is 21.8 Å². The summed E-state index contributed by atoms with van der Waals surface area (Å²) in [5.74, 6) is -0.270. The number of alkyl halides is 3. The van der Waals surface area contributed by atoms with Gasteiger partial charge in [-0.3, -0.25) is 4.79 Å². The zero-order chi connectivity index (χ0) is 21.3. The molecule has 3 aromatic heterocycles. The number of carbonyl (C=O) groups excluding carboxylic acids is 1. The largest absolute Gasteiger partial charge is 0.417 e. The Kier molecular flexibility index (Phi) is 4.82. The first-order valence-electron chi connectivity index (χ1n) is 8.75. The summed E-state index contributed by atoms with van der Waals surface area (Å²) in [6, 6.07) is 14.3. The van der Waals surface area contributed by atoms with Crippen LogP contribution in [0.25, 0.3) is 17.1 Å². The SMILES string of the molecule is Cc1cc(NC(=O)c2cc(-c3ccccc3)no2)n(-c2ccc(C(F)(F)F)cn2)n1. The van der Waals surface area contributed by atoms with Crippen molar-refractivity contribution >= 4 is 11.7 Å². The van der Waals surface area contributed by atoms with Crippen LogP contribution >= 0.6 is 0 Å². The molecule has 0 aliphatic heterocycles. The number of nitrogens with zero attached hydrogens (tertiary/aromatic N) is 4. The number of aromatic nitrogens is 4. The molecule has 1 N–H and O–H groups in total. The molecular weight excluding hydrogens is 399 g/mol. The molecule has 4 rings (SSSR count). The summed E-state index contributed by atoms with van der Waals surface area (Å²) in [5, 5.41) is 10.7. The molecule has 0 atom stereocenters. The molecule has 0 aliphatic carbocycles. The van der Waals surface area contributed by atoms with Gasteiger partial charge in [-0.2, -0.15) is 23.0 Å². The van der Waals surface area contributed by atoms with Gasteiger partial charge in [-0.05, 0) is 19.1 Å². The molecule has 7 nitrogen and oxygen atoms in total. The van der Waals surface area contributed by atoms with E-state index in [0.717, 1.165) is 11.6 Å². The Morgan fingerprint density at radius 1 is 1.10 bits per heavy atom. The van der Waals surface area contributed by atoms with Crippen molar-refractivity contribution in [1.29, 1.82) is 0 Å². The lowest BCUT2D eigenvalue weighted by Gasteiger charge is -2.09. The lowest BCUT2D eigenvalue weighted by atomic mass is 10.1. The van der Waals surface area contributed by atoms with Crippen molar-refractivity contribution < 1.29 is 22.5 Å². The Labute approximate surface area is 168 Å². The first-order chi connectivity index (χ1) is 14.3. The second-order valence-corrected chi connectivity index (χ2v) is 6.38. The van der Waals surface area contributed by atoms with Crippen LogP contribution in [-0.4, -0.2) is 25.8 Å². The fraction of sp³-hybridized carbons (Fsp3) is 0.100. The molecular formula is C20H14F3N5O2. The fourth-order valence-corrected chi connectivity index (χ4v) is 2.75. The standard InChI is InChI=1S/C20H14F3N5O2/c1-12-9-18(28(26-12)17-8-7-14(11-24-17)20(21,22)23)25-19(29)16-10-15(27-30-16)13-5-3-2-4-6-13/h2-11H,1H3,(H,25,29). The molecule has 30 heavy (non-hydrogen) atoms. The molecule has 0 unspecified atom stereocenters. The van der Waals surface area contributed by atoms with Crippen molar-refractivity contribution in [2.45, 2.75) is 13.1 Å². The van der Waals surface area contributed by atoms with E-state index in [1.54, 1.807) is 13.0 Å². The Morgan fingerprint density at radius 3 is 2.53 bits per heavy atom. The van der Waals surface area contributed by atoms with Gasteiger partial charge in [-0.25, -0.2) is 4.98 Å². The van der Waals surface area contributed by atoms with Crippen LogP contribution in [0.3, 0.4) is 0 Å². The highest BCUT2D eigenvalue weighted by Crippen LogP contribution is 2.29. The van der Waals surface area contributed by atoms with Crippen molar-refractivity contribution in [1.82, 2.24) is 19.9 Å². The molecule has 3 heterocycles. The first kappa shape index (κ1) is 19.4. The van der Waals surface area contributed by atoms with Crippen LogP contribution < -0.4 is 5.32 Å². The van der Waals surface area contributed by atoms with Crippen molar-refractivity contribution in [3.8, 4) is 17.1 Å². The third-order valence-corrected chi connectivity index (χ3v) is 4.17. The van der Waals surface area contributed by atoms with E-state index in [1.807, 2.05) is 30.3 Å². The molecule has 0 bridgehead atoms. The minimum atomic E-state index is -4.49. The number of rotatable bonds is 4. The summed E-state index contributed by atoms with van der Waals surface area (Å²) in [5.41, 5.74) is 0.940. The molecule has 0 saturated carbocycles. The number of hydrogen-bond acceptors (Lipinski definition) is 5. The van der Waals surface area contributed by atoms with Gasteiger partial charge in [0, 0.05) is 23.9 Å². The zero-order valence-corrected chi connectivity index (χ0v) is 15.5. The Bertz CT molecular complexity index is 1180. The summed E-state index contributed by atoms with van der Waals surface area (Å²) in [6.45, 7) is 1.68. The van der Waals surface area contributed by atoms with E-state index in [2.05, 4.69) is 20.6 Å². The molecule has 152 valence electrons.